The maximum atomic E-state index is 12.5. The van der Waals surface area contributed by atoms with Crippen LogP contribution in [0.5, 0.6) is 0 Å². The van der Waals surface area contributed by atoms with Gasteiger partial charge in [-0.05, 0) is 53.0 Å². The highest BCUT2D eigenvalue weighted by Gasteiger charge is 2.44. The minimum atomic E-state index is -0.00635. The van der Waals surface area contributed by atoms with Crippen LogP contribution in [0.3, 0.4) is 0 Å². The summed E-state index contributed by atoms with van der Waals surface area (Å²) in [6, 6.07) is 5.93. The van der Waals surface area contributed by atoms with Gasteiger partial charge in [0, 0.05) is 35.8 Å². The Labute approximate surface area is 157 Å². The molecule has 2 atom stereocenters. The Morgan fingerprint density at radius 2 is 2.08 bits per heavy atom. The van der Waals surface area contributed by atoms with Crippen LogP contribution < -0.4 is 5.32 Å². The fourth-order valence-electron chi connectivity index (χ4n) is 3.40. The maximum absolute atomic E-state index is 12.5. The van der Waals surface area contributed by atoms with Crippen LogP contribution in [0, 0.1) is 5.92 Å². The number of aromatic nitrogens is 3. The summed E-state index contributed by atoms with van der Waals surface area (Å²) in [6.45, 7) is 4.23. The number of nitrogens with one attached hydrogen (secondary N) is 1. The Morgan fingerprint density at radius 3 is 2.77 bits per heavy atom. The van der Waals surface area contributed by atoms with Crippen LogP contribution in [-0.2, 0) is 11.8 Å². The van der Waals surface area contributed by atoms with Crippen LogP contribution in [0.1, 0.15) is 43.2 Å². The van der Waals surface area contributed by atoms with Crippen molar-refractivity contribution < 1.29 is 4.79 Å². The molecule has 4 rings (SSSR count). The number of hydrogen-bond acceptors (Lipinski definition) is 3. The first-order valence-corrected chi connectivity index (χ1v) is 9.19. The van der Waals surface area contributed by atoms with E-state index in [2.05, 4.69) is 35.3 Å². The molecule has 26 heavy (non-hydrogen) atoms. The van der Waals surface area contributed by atoms with Gasteiger partial charge in [-0.1, -0.05) is 25.4 Å². The van der Waals surface area contributed by atoms with Gasteiger partial charge in [-0.3, -0.25) is 9.48 Å². The third kappa shape index (κ3) is 3.19. The quantitative estimate of drug-likeness (QED) is 0.738. The number of amides is 1. The van der Waals surface area contributed by atoms with Gasteiger partial charge in [-0.15, -0.1) is 0 Å². The van der Waals surface area contributed by atoms with Gasteiger partial charge in [0.1, 0.15) is 5.82 Å². The summed E-state index contributed by atoms with van der Waals surface area (Å²) >= 11 is 6.34. The van der Waals surface area contributed by atoms with Crippen molar-refractivity contribution in [1.82, 2.24) is 14.8 Å². The summed E-state index contributed by atoms with van der Waals surface area (Å²) in [5.74, 6) is 1.19. The molecule has 1 saturated carbocycles. The Kier molecular flexibility index (Phi) is 4.19. The van der Waals surface area contributed by atoms with Crippen LogP contribution in [0.4, 0.5) is 5.82 Å². The molecule has 5 nitrogen and oxygen atoms in total. The second kappa shape index (κ2) is 6.40. The van der Waals surface area contributed by atoms with Crippen molar-refractivity contribution >= 4 is 34.1 Å². The standard InChI is InChI=1S/C20H21ClN4O/c1-11(2)15-4-12-6-19(22-8-13(12)5-18(15)21)24-20(26)17-7-16(17)14-9-23-25(3)10-14/h4-6,8-11,16-17H,7H2,1-3H3,(H,22,24,26)/t16-,17+/m1/s1. The minimum Gasteiger partial charge on any atom is -0.310 e. The lowest BCUT2D eigenvalue weighted by Crippen LogP contribution is -2.15. The van der Waals surface area contributed by atoms with Crippen LogP contribution >= 0.6 is 11.6 Å². The fourth-order valence-corrected chi connectivity index (χ4v) is 3.79. The average Bonchev–Trinajstić information content (AvgIpc) is 3.29. The number of carbonyl (C=O) groups is 1. The Balaban J connectivity index is 1.52. The van der Waals surface area contributed by atoms with E-state index in [1.165, 1.54) is 0 Å². The molecule has 6 heteroatoms. The molecular weight excluding hydrogens is 348 g/mol. The number of anilines is 1. The van der Waals surface area contributed by atoms with Crippen LogP contribution in [0.2, 0.25) is 5.02 Å². The van der Waals surface area contributed by atoms with E-state index < -0.39 is 0 Å². The third-order valence-corrected chi connectivity index (χ3v) is 5.32. The number of aryl methyl sites for hydroxylation is 1. The first-order valence-electron chi connectivity index (χ1n) is 8.81. The van der Waals surface area contributed by atoms with Gasteiger partial charge in [0.25, 0.3) is 0 Å². The van der Waals surface area contributed by atoms with Gasteiger partial charge in [-0.2, -0.15) is 5.10 Å². The van der Waals surface area contributed by atoms with Gasteiger partial charge in [-0.25, -0.2) is 4.98 Å². The van der Waals surface area contributed by atoms with Crippen molar-refractivity contribution in [3.05, 3.63) is 52.9 Å². The fraction of sp³-hybridized carbons (Fsp3) is 0.350. The molecule has 1 aromatic carbocycles. The monoisotopic (exact) mass is 368 g/mol. The largest absolute Gasteiger partial charge is 0.310 e. The Morgan fingerprint density at radius 1 is 1.27 bits per heavy atom. The molecule has 1 fully saturated rings. The molecule has 0 radical (unpaired) electrons. The maximum Gasteiger partial charge on any atom is 0.229 e. The van der Waals surface area contributed by atoms with Gasteiger partial charge in [0.05, 0.1) is 6.20 Å². The van der Waals surface area contributed by atoms with E-state index in [0.717, 1.165) is 33.3 Å². The first kappa shape index (κ1) is 17.0. The predicted molar refractivity (Wildman–Crippen MR) is 104 cm³/mol. The Hall–Kier alpha value is -2.40. The van der Waals surface area contributed by atoms with Crippen LogP contribution in [0.15, 0.2) is 36.8 Å². The highest BCUT2D eigenvalue weighted by Crippen LogP contribution is 2.47. The van der Waals surface area contributed by atoms with E-state index in [4.69, 9.17) is 11.6 Å². The summed E-state index contributed by atoms with van der Waals surface area (Å²) in [4.78, 5) is 16.9. The topological polar surface area (TPSA) is 59.8 Å². The van der Waals surface area contributed by atoms with E-state index in [9.17, 15) is 4.79 Å². The number of rotatable bonds is 4. The zero-order chi connectivity index (χ0) is 18.4. The molecule has 0 saturated heterocycles. The molecular formula is C20H21ClN4O. The molecule has 1 aliphatic rings. The van der Waals surface area contributed by atoms with E-state index >= 15 is 0 Å². The van der Waals surface area contributed by atoms with Crippen LogP contribution in [-0.4, -0.2) is 20.7 Å². The smallest absolute Gasteiger partial charge is 0.229 e. The second-order valence-corrected chi connectivity index (χ2v) is 7.74. The van der Waals surface area contributed by atoms with Gasteiger partial charge in [0.15, 0.2) is 0 Å². The highest BCUT2D eigenvalue weighted by molar-refractivity contribution is 6.32. The summed E-state index contributed by atoms with van der Waals surface area (Å²) in [7, 11) is 1.89. The molecule has 3 aromatic rings. The molecule has 2 aromatic heterocycles. The predicted octanol–water partition coefficient (Wildman–Crippen LogP) is 4.49. The lowest BCUT2D eigenvalue weighted by molar-refractivity contribution is -0.117. The lowest BCUT2D eigenvalue weighted by atomic mass is 10.00. The highest BCUT2D eigenvalue weighted by atomic mass is 35.5. The number of nitrogens with zero attached hydrogens (tertiary/aromatic N) is 3. The lowest BCUT2D eigenvalue weighted by Gasteiger charge is -2.11. The van der Waals surface area contributed by atoms with Crippen molar-refractivity contribution in [3.8, 4) is 0 Å². The van der Waals surface area contributed by atoms with Gasteiger partial charge < -0.3 is 5.32 Å². The van der Waals surface area contributed by atoms with E-state index in [1.54, 1.807) is 10.9 Å². The number of hydrogen-bond donors (Lipinski definition) is 1. The van der Waals surface area contributed by atoms with Crippen molar-refractivity contribution in [3.63, 3.8) is 0 Å². The summed E-state index contributed by atoms with van der Waals surface area (Å²) < 4.78 is 1.77. The molecule has 0 aliphatic heterocycles. The number of benzene rings is 1. The summed E-state index contributed by atoms with van der Waals surface area (Å²) in [6.07, 6.45) is 6.43. The number of halogens is 1. The van der Waals surface area contributed by atoms with Crippen molar-refractivity contribution in [2.45, 2.75) is 32.1 Å². The number of fused-ring (bicyclic) bond motifs is 1. The molecule has 1 amide bonds. The number of pyridine rings is 1. The van der Waals surface area contributed by atoms with Gasteiger partial charge in [0.2, 0.25) is 5.91 Å². The Bertz CT molecular complexity index is 995. The molecule has 2 heterocycles. The molecule has 0 spiro atoms. The van der Waals surface area contributed by atoms with Gasteiger partial charge >= 0.3 is 0 Å². The third-order valence-electron chi connectivity index (χ3n) is 4.99. The normalized spacial score (nSPS) is 19.1. The molecule has 0 bridgehead atoms. The minimum absolute atomic E-state index is 0.00635. The molecule has 1 aliphatic carbocycles. The summed E-state index contributed by atoms with van der Waals surface area (Å²) in [5, 5.41) is 9.89. The second-order valence-electron chi connectivity index (χ2n) is 7.33. The molecule has 0 unspecified atom stereocenters. The molecule has 1 N–H and O–H groups in total. The van der Waals surface area contributed by atoms with Crippen molar-refractivity contribution in [2.75, 3.05) is 5.32 Å². The van der Waals surface area contributed by atoms with E-state index in [-0.39, 0.29) is 17.7 Å². The van der Waals surface area contributed by atoms with E-state index in [1.807, 2.05) is 31.6 Å². The molecule has 134 valence electrons. The van der Waals surface area contributed by atoms with E-state index in [0.29, 0.717) is 11.7 Å². The van der Waals surface area contributed by atoms with Crippen LogP contribution in [0.25, 0.3) is 10.8 Å². The first-order chi connectivity index (χ1) is 12.4. The number of carbonyl (C=O) groups excluding carboxylic acids is 1. The zero-order valence-corrected chi connectivity index (χ0v) is 15.8. The summed E-state index contributed by atoms with van der Waals surface area (Å²) in [5.41, 5.74) is 2.22. The van der Waals surface area contributed by atoms with Crippen molar-refractivity contribution in [1.29, 1.82) is 0 Å². The average molecular weight is 369 g/mol. The van der Waals surface area contributed by atoms with Crippen molar-refractivity contribution in [2.24, 2.45) is 13.0 Å². The zero-order valence-electron chi connectivity index (χ0n) is 15.0. The SMILES string of the molecule is CC(C)c1cc2cc(NC(=O)[C@H]3C[C@@H]3c3cnn(C)c3)ncc2cc1Cl.